The van der Waals surface area contributed by atoms with Crippen molar-refractivity contribution in [2.24, 2.45) is 5.92 Å². The summed E-state index contributed by atoms with van der Waals surface area (Å²) in [4.78, 5) is 0. The van der Waals surface area contributed by atoms with Crippen molar-refractivity contribution < 1.29 is 9.47 Å². The van der Waals surface area contributed by atoms with E-state index in [0.29, 0.717) is 24.7 Å². The maximum absolute atomic E-state index is 5.77. The second kappa shape index (κ2) is 9.13. The molecule has 1 N–H and O–H groups in total. The van der Waals surface area contributed by atoms with Gasteiger partial charge in [-0.1, -0.05) is 20.8 Å². The molecule has 0 aromatic heterocycles. The average Bonchev–Trinajstić information content (AvgIpc) is 2.21. The van der Waals surface area contributed by atoms with Crippen LogP contribution in [-0.2, 0) is 9.47 Å². The van der Waals surface area contributed by atoms with Crippen LogP contribution >= 0.6 is 0 Å². The summed E-state index contributed by atoms with van der Waals surface area (Å²) >= 11 is 0. The third-order valence-electron chi connectivity index (χ3n) is 2.55. The Hall–Kier alpha value is -0.120. The number of rotatable bonds is 9. The van der Waals surface area contributed by atoms with E-state index >= 15 is 0 Å². The Bertz CT molecular complexity index is 140. The standard InChI is InChI=1S/C12H27NO2/c1-6-7-13-12(8-14-5)9-15-11(4)10(2)3/h10-13H,6-9H2,1-5H3. The minimum absolute atomic E-state index is 0.313. The Morgan fingerprint density at radius 2 is 1.80 bits per heavy atom. The molecule has 92 valence electrons. The first-order valence-corrected chi connectivity index (χ1v) is 5.95. The van der Waals surface area contributed by atoms with Crippen LogP contribution in [0.2, 0.25) is 0 Å². The van der Waals surface area contributed by atoms with Crippen LogP contribution in [0.5, 0.6) is 0 Å². The summed E-state index contributed by atoms with van der Waals surface area (Å²) in [6.45, 7) is 11.1. The van der Waals surface area contributed by atoms with Gasteiger partial charge in [-0.05, 0) is 25.8 Å². The van der Waals surface area contributed by atoms with Crippen LogP contribution in [0.25, 0.3) is 0 Å². The van der Waals surface area contributed by atoms with Crippen molar-refractivity contribution >= 4 is 0 Å². The lowest BCUT2D eigenvalue weighted by Crippen LogP contribution is -2.39. The van der Waals surface area contributed by atoms with E-state index in [0.717, 1.165) is 19.6 Å². The molecule has 0 saturated heterocycles. The van der Waals surface area contributed by atoms with Crippen LogP contribution < -0.4 is 5.32 Å². The highest BCUT2D eigenvalue weighted by molar-refractivity contribution is 4.66. The molecule has 3 nitrogen and oxygen atoms in total. The number of hydrogen-bond acceptors (Lipinski definition) is 3. The molecule has 0 fully saturated rings. The van der Waals surface area contributed by atoms with Gasteiger partial charge in [-0.15, -0.1) is 0 Å². The molecule has 2 unspecified atom stereocenters. The predicted molar refractivity (Wildman–Crippen MR) is 64.2 cm³/mol. The van der Waals surface area contributed by atoms with Gasteiger partial charge in [0, 0.05) is 7.11 Å². The number of hydrogen-bond donors (Lipinski definition) is 1. The van der Waals surface area contributed by atoms with Crippen LogP contribution in [0.1, 0.15) is 34.1 Å². The van der Waals surface area contributed by atoms with Crippen LogP contribution in [-0.4, -0.2) is 39.0 Å². The molecule has 0 aliphatic heterocycles. The minimum atomic E-state index is 0.313. The Morgan fingerprint density at radius 1 is 1.13 bits per heavy atom. The first-order chi connectivity index (χ1) is 7.11. The van der Waals surface area contributed by atoms with E-state index in [1.807, 2.05) is 0 Å². The van der Waals surface area contributed by atoms with Crippen LogP contribution in [0, 0.1) is 5.92 Å². The first kappa shape index (κ1) is 14.9. The van der Waals surface area contributed by atoms with Gasteiger partial charge in [0.25, 0.3) is 0 Å². The third kappa shape index (κ3) is 7.77. The van der Waals surface area contributed by atoms with E-state index in [-0.39, 0.29) is 0 Å². The maximum atomic E-state index is 5.77. The minimum Gasteiger partial charge on any atom is -0.383 e. The van der Waals surface area contributed by atoms with Crippen molar-refractivity contribution in [3.8, 4) is 0 Å². The Balaban J connectivity index is 3.73. The van der Waals surface area contributed by atoms with E-state index in [1.165, 1.54) is 0 Å². The van der Waals surface area contributed by atoms with Crippen LogP contribution in [0.4, 0.5) is 0 Å². The highest BCUT2D eigenvalue weighted by Crippen LogP contribution is 2.05. The van der Waals surface area contributed by atoms with Gasteiger partial charge < -0.3 is 14.8 Å². The Kier molecular flexibility index (Phi) is 9.06. The molecular formula is C12H27NO2. The molecule has 0 aromatic rings. The maximum Gasteiger partial charge on any atom is 0.0645 e. The normalized spacial score (nSPS) is 15.6. The van der Waals surface area contributed by atoms with E-state index in [4.69, 9.17) is 9.47 Å². The van der Waals surface area contributed by atoms with E-state index < -0.39 is 0 Å². The van der Waals surface area contributed by atoms with Gasteiger partial charge in [0.05, 0.1) is 25.4 Å². The van der Waals surface area contributed by atoms with E-state index in [2.05, 4.69) is 33.0 Å². The molecule has 0 aromatic carbocycles. The van der Waals surface area contributed by atoms with Gasteiger partial charge in [-0.2, -0.15) is 0 Å². The molecule has 0 spiro atoms. The monoisotopic (exact) mass is 217 g/mol. The van der Waals surface area contributed by atoms with E-state index in [9.17, 15) is 0 Å². The van der Waals surface area contributed by atoms with Crippen molar-refractivity contribution in [3.63, 3.8) is 0 Å². The summed E-state index contributed by atoms with van der Waals surface area (Å²) in [5.74, 6) is 0.569. The molecule has 15 heavy (non-hydrogen) atoms. The fraction of sp³-hybridized carbons (Fsp3) is 1.00. The summed E-state index contributed by atoms with van der Waals surface area (Å²) < 4.78 is 10.9. The highest BCUT2D eigenvalue weighted by Gasteiger charge is 2.12. The van der Waals surface area contributed by atoms with Gasteiger partial charge in [-0.25, -0.2) is 0 Å². The second-order valence-corrected chi connectivity index (χ2v) is 4.39. The Morgan fingerprint density at radius 3 is 2.27 bits per heavy atom. The average molecular weight is 217 g/mol. The number of methoxy groups -OCH3 is 1. The van der Waals surface area contributed by atoms with Crippen molar-refractivity contribution in [1.29, 1.82) is 0 Å². The lowest BCUT2D eigenvalue weighted by molar-refractivity contribution is 0.00810. The van der Waals surface area contributed by atoms with E-state index in [1.54, 1.807) is 7.11 Å². The van der Waals surface area contributed by atoms with Gasteiger partial charge in [0.1, 0.15) is 0 Å². The summed E-state index contributed by atoms with van der Waals surface area (Å²) in [5, 5.41) is 3.41. The molecule has 0 heterocycles. The number of nitrogens with one attached hydrogen (secondary N) is 1. The van der Waals surface area contributed by atoms with Crippen LogP contribution in [0.15, 0.2) is 0 Å². The zero-order chi connectivity index (χ0) is 11.7. The first-order valence-electron chi connectivity index (χ1n) is 5.95. The molecule has 0 aliphatic carbocycles. The lowest BCUT2D eigenvalue weighted by atomic mass is 10.1. The fourth-order valence-electron chi connectivity index (χ4n) is 1.18. The molecule has 3 heteroatoms. The lowest BCUT2D eigenvalue weighted by Gasteiger charge is -2.22. The number of ether oxygens (including phenoxy) is 2. The van der Waals surface area contributed by atoms with Crippen molar-refractivity contribution in [1.82, 2.24) is 5.32 Å². The second-order valence-electron chi connectivity index (χ2n) is 4.39. The van der Waals surface area contributed by atoms with Gasteiger partial charge in [-0.3, -0.25) is 0 Å². The fourth-order valence-corrected chi connectivity index (χ4v) is 1.18. The molecular weight excluding hydrogens is 190 g/mol. The highest BCUT2D eigenvalue weighted by atomic mass is 16.5. The summed E-state index contributed by atoms with van der Waals surface area (Å²) in [6.07, 6.45) is 1.45. The SMILES string of the molecule is CCCNC(COC)COC(C)C(C)C. The zero-order valence-electron chi connectivity index (χ0n) is 10.9. The molecule has 0 radical (unpaired) electrons. The molecule has 0 saturated carbocycles. The van der Waals surface area contributed by atoms with Crippen LogP contribution in [0.3, 0.4) is 0 Å². The summed E-state index contributed by atoms with van der Waals surface area (Å²) in [6, 6.07) is 0.316. The molecule has 0 aliphatic rings. The topological polar surface area (TPSA) is 30.5 Å². The van der Waals surface area contributed by atoms with Crippen molar-refractivity contribution in [3.05, 3.63) is 0 Å². The van der Waals surface area contributed by atoms with Crippen molar-refractivity contribution in [2.45, 2.75) is 46.3 Å². The zero-order valence-corrected chi connectivity index (χ0v) is 10.9. The largest absolute Gasteiger partial charge is 0.383 e. The van der Waals surface area contributed by atoms with Gasteiger partial charge in [0.2, 0.25) is 0 Å². The smallest absolute Gasteiger partial charge is 0.0645 e. The summed E-state index contributed by atoms with van der Waals surface area (Å²) in [7, 11) is 1.73. The van der Waals surface area contributed by atoms with Gasteiger partial charge in [0.15, 0.2) is 0 Å². The summed E-state index contributed by atoms with van der Waals surface area (Å²) in [5.41, 5.74) is 0. The third-order valence-corrected chi connectivity index (χ3v) is 2.55. The molecule has 0 amide bonds. The molecule has 2 atom stereocenters. The van der Waals surface area contributed by atoms with Crippen molar-refractivity contribution in [2.75, 3.05) is 26.9 Å². The molecule has 0 rings (SSSR count). The molecule has 0 bridgehead atoms. The van der Waals surface area contributed by atoms with Gasteiger partial charge >= 0.3 is 0 Å². The Labute approximate surface area is 94.5 Å². The quantitative estimate of drug-likeness (QED) is 0.641. The predicted octanol–water partition coefficient (Wildman–Crippen LogP) is 2.06.